The predicted octanol–water partition coefficient (Wildman–Crippen LogP) is 3.38. The van der Waals surface area contributed by atoms with Crippen molar-refractivity contribution in [1.29, 1.82) is 0 Å². The van der Waals surface area contributed by atoms with Gasteiger partial charge >= 0.3 is 0 Å². The minimum absolute atomic E-state index is 0.116. The van der Waals surface area contributed by atoms with Gasteiger partial charge in [-0.1, -0.05) is 42.5 Å². The highest BCUT2D eigenvalue weighted by Crippen LogP contribution is 2.27. The van der Waals surface area contributed by atoms with Gasteiger partial charge in [-0.05, 0) is 30.0 Å². The van der Waals surface area contributed by atoms with E-state index in [1.165, 1.54) is 0 Å². The van der Waals surface area contributed by atoms with Crippen LogP contribution >= 0.6 is 0 Å². The Hall–Kier alpha value is -2.20. The molecule has 100 valence electrons. The number of aromatic nitrogens is 1. The molecule has 2 aromatic carbocycles. The Morgan fingerprint density at radius 3 is 2.15 bits per heavy atom. The van der Waals surface area contributed by atoms with E-state index in [4.69, 9.17) is 0 Å². The number of fused-ring (bicyclic) bond motifs is 1. The lowest BCUT2D eigenvalue weighted by atomic mass is 10.1. The van der Waals surface area contributed by atoms with Gasteiger partial charge in [-0.25, -0.2) is 13.4 Å². The van der Waals surface area contributed by atoms with Gasteiger partial charge in [0.25, 0.3) is 0 Å². The third kappa shape index (κ3) is 1.98. The van der Waals surface area contributed by atoms with Gasteiger partial charge in [0.05, 0.1) is 4.90 Å². The zero-order valence-electron chi connectivity index (χ0n) is 10.9. The molecule has 4 heteroatoms. The Labute approximate surface area is 117 Å². The Morgan fingerprint density at radius 1 is 0.850 bits per heavy atom. The molecule has 1 heterocycles. The topological polar surface area (TPSA) is 47.0 Å². The normalized spacial score (nSPS) is 11.7. The van der Waals surface area contributed by atoms with Crippen molar-refractivity contribution in [1.82, 2.24) is 4.98 Å². The van der Waals surface area contributed by atoms with Crippen LogP contribution in [0.2, 0.25) is 0 Å². The molecule has 20 heavy (non-hydrogen) atoms. The van der Waals surface area contributed by atoms with Crippen molar-refractivity contribution in [3.8, 4) is 0 Å². The molecule has 0 unspecified atom stereocenters. The van der Waals surface area contributed by atoms with Crippen LogP contribution in [0.1, 0.15) is 5.56 Å². The Balaban J connectivity index is 2.34. The van der Waals surface area contributed by atoms with E-state index in [0.717, 1.165) is 10.9 Å². The van der Waals surface area contributed by atoms with Crippen molar-refractivity contribution in [2.75, 3.05) is 0 Å². The lowest BCUT2D eigenvalue weighted by Crippen LogP contribution is -2.05. The van der Waals surface area contributed by atoms with E-state index >= 15 is 0 Å². The van der Waals surface area contributed by atoms with Gasteiger partial charge in [-0.15, -0.1) is 0 Å². The van der Waals surface area contributed by atoms with E-state index in [2.05, 4.69) is 4.98 Å². The van der Waals surface area contributed by atoms with Crippen LogP contribution in [0.15, 0.2) is 70.7 Å². The number of pyridine rings is 1. The van der Waals surface area contributed by atoms with Crippen LogP contribution in [0, 0.1) is 6.92 Å². The first-order valence-corrected chi connectivity index (χ1v) is 7.73. The fraction of sp³-hybridized carbons (Fsp3) is 0.0625. The quantitative estimate of drug-likeness (QED) is 0.724. The first-order valence-electron chi connectivity index (χ1n) is 6.25. The van der Waals surface area contributed by atoms with Gasteiger partial charge in [-0.3, -0.25) is 0 Å². The second-order valence-electron chi connectivity index (χ2n) is 4.61. The summed E-state index contributed by atoms with van der Waals surface area (Å²) < 4.78 is 25.4. The number of benzene rings is 2. The van der Waals surface area contributed by atoms with Gasteiger partial charge in [-0.2, -0.15) is 0 Å². The third-order valence-corrected chi connectivity index (χ3v) is 4.99. The van der Waals surface area contributed by atoms with Crippen molar-refractivity contribution >= 4 is 20.6 Å². The van der Waals surface area contributed by atoms with Crippen LogP contribution in [-0.2, 0) is 9.84 Å². The van der Waals surface area contributed by atoms with Gasteiger partial charge < -0.3 is 0 Å². The largest absolute Gasteiger partial charge is 0.243 e. The number of sulfone groups is 1. The summed E-state index contributed by atoms with van der Waals surface area (Å²) in [6.45, 7) is 1.92. The number of nitrogens with zero attached hydrogens (tertiary/aromatic N) is 1. The van der Waals surface area contributed by atoms with Gasteiger partial charge in [0, 0.05) is 11.6 Å². The average Bonchev–Trinajstić information content (AvgIpc) is 2.48. The van der Waals surface area contributed by atoms with E-state index in [-0.39, 0.29) is 9.92 Å². The molecule has 3 aromatic rings. The second kappa shape index (κ2) is 4.72. The average molecular weight is 283 g/mol. The number of rotatable bonds is 2. The fourth-order valence-electron chi connectivity index (χ4n) is 2.23. The molecule has 1 aromatic heterocycles. The molecular weight excluding hydrogens is 270 g/mol. The number of hydrogen-bond acceptors (Lipinski definition) is 3. The molecule has 0 spiro atoms. The number of hydrogen-bond donors (Lipinski definition) is 0. The van der Waals surface area contributed by atoms with Crippen molar-refractivity contribution < 1.29 is 8.42 Å². The van der Waals surface area contributed by atoms with Crippen LogP contribution in [0.4, 0.5) is 0 Å². The molecule has 3 nitrogen and oxygen atoms in total. The molecule has 0 aliphatic carbocycles. The van der Waals surface area contributed by atoms with E-state index in [1.54, 1.807) is 42.6 Å². The molecule has 0 radical (unpaired) electrons. The summed E-state index contributed by atoms with van der Waals surface area (Å²) in [4.78, 5) is 4.43. The molecule has 0 bridgehead atoms. The molecule has 0 atom stereocenters. The lowest BCUT2D eigenvalue weighted by molar-refractivity contribution is 0.593. The lowest BCUT2D eigenvalue weighted by Gasteiger charge is -2.09. The molecule has 0 aliphatic heterocycles. The Bertz CT molecular complexity index is 871. The van der Waals surface area contributed by atoms with Crippen molar-refractivity contribution in [3.63, 3.8) is 0 Å². The first-order chi connectivity index (χ1) is 9.60. The summed E-state index contributed by atoms with van der Waals surface area (Å²) in [6, 6.07) is 15.8. The van der Waals surface area contributed by atoms with E-state index < -0.39 is 9.84 Å². The molecule has 0 amide bonds. The third-order valence-electron chi connectivity index (χ3n) is 3.27. The predicted molar refractivity (Wildman–Crippen MR) is 78.4 cm³/mol. The summed E-state index contributed by atoms with van der Waals surface area (Å²) in [5, 5.41) is 1.69. The van der Waals surface area contributed by atoms with Crippen LogP contribution in [-0.4, -0.2) is 13.4 Å². The minimum Gasteiger partial charge on any atom is -0.243 e. The molecule has 0 saturated carbocycles. The molecule has 3 rings (SSSR count). The summed E-state index contributed by atoms with van der Waals surface area (Å²) >= 11 is 0. The van der Waals surface area contributed by atoms with Crippen LogP contribution in [0.5, 0.6) is 0 Å². The SMILES string of the molecule is Cc1cnc(S(=O)(=O)c2ccccc2)c2ccccc12. The first kappa shape index (κ1) is 12.8. The summed E-state index contributed by atoms with van der Waals surface area (Å²) in [7, 11) is -3.59. The summed E-state index contributed by atoms with van der Waals surface area (Å²) in [5.41, 5.74) is 0.965. The molecule has 0 saturated heterocycles. The highest BCUT2D eigenvalue weighted by atomic mass is 32.2. The van der Waals surface area contributed by atoms with Crippen LogP contribution in [0.3, 0.4) is 0 Å². The maximum absolute atomic E-state index is 12.7. The van der Waals surface area contributed by atoms with Gasteiger partial charge in [0.2, 0.25) is 9.84 Å². The van der Waals surface area contributed by atoms with Crippen molar-refractivity contribution in [3.05, 3.63) is 66.4 Å². The monoisotopic (exact) mass is 283 g/mol. The zero-order chi connectivity index (χ0) is 14.2. The van der Waals surface area contributed by atoms with E-state index in [0.29, 0.717) is 5.39 Å². The maximum Gasteiger partial charge on any atom is 0.224 e. The Morgan fingerprint density at radius 2 is 1.45 bits per heavy atom. The molecule has 0 fully saturated rings. The molecule has 0 N–H and O–H groups in total. The minimum atomic E-state index is -3.59. The Kier molecular flexibility index (Phi) is 3.03. The van der Waals surface area contributed by atoms with E-state index in [9.17, 15) is 8.42 Å². The standard InChI is InChI=1S/C16H13NO2S/c1-12-11-17-16(15-10-6-5-9-14(12)15)20(18,19)13-7-3-2-4-8-13/h2-11H,1H3. The van der Waals surface area contributed by atoms with Crippen LogP contribution in [0.25, 0.3) is 10.8 Å². The summed E-state index contributed by atoms with van der Waals surface area (Å²) in [5.74, 6) is 0. The van der Waals surface area contributed by atoms with Crippen molar-refractivity contribution in [2.24, 2.45) is 0 Å². The number of aryl methyl sites for hydroxylation is 1. The van der Waals surface area contributed by atoms with Gasteiger partial charge in [0.1, 0.15) is 0 Å². The fourth-order valence-corrected chi connectivity index (χ4v) is 3.63. The molecule has 0 aliphatic rings. The summed E-state index contributed by atoms with van der Waals surface area (Å²) in [6.07, 6.45) is 1.61. The second-order valence-corrected chi connectivity index (χ2v) is 6.47. The maximum atomic E-state index is 12.7. The van der Waals surface area contributed by atoms with Gasteiger partial charge in [0.15, 0.2) is 5.03 Å². The van der Waals surface area contributed by atoms with E-state index in [1.807, 2.05) is 25.1 Å². The smallest absolute Gasteiger partial charge is 0.224 e. The highest BCUT2D eigenvalue weighted by molar-refractivity contribution is 7.91. The van der Waals surface area contributed by atoms with Crippen molar-refractivity contribution in [2.45, 2.75) is 16.8 Å². The molecular formula is C16H13NO2S. The highest BCUT2D eigenvalue weighted by Gasteiger charge is 2.21. The van der Waals surface area contributed by atoms with Crippen LogP contribution < -0.4 is 0 Å². The zero-order valence-corrected chi connectivity index (χ0v) is 11.8.